The van der Waals surface area contributed by atoms with Crippen molar-refractivity contribution >= 4 is 49.2 Å². The molecule has 2 N–H and O–H groups in total. The number of hydrogen-bond acceptors (Lipinski definition) is 8. The monoisotopic (exact) mass is 642 g/mol. The van der Waals surface area contributed by atoms with Crippen LogP contribution in [-0.4, -0.2) is 50.6 Å². The van der Waals surface area contributed by atoms with Crippen molar-refractivity contribution in [2.75, 3.05) is 18.7 Å². The van der Waals surface area contributed by atoms with Crippen LogP contribution in [0.4, 0.5) is 20.3 Å². The molecule has 1 aromatic carbocycles. The van der Waals surface area contributed by atoms with Crippen LogP contribution in [0.25, 0.3) is 22.0 Å². The van der Waals surface area contributed by atoms with Gasteiger partial charge < -0.3 is 15.0 Å². The number of aromatic nitrogens is 3. The fourth-order valence-electron chi connectivity index (χ4n) is 5.17. The standard InChI is InChI=1S/C30H28F2N4O6S2/c1-17-7-5-6-9-30(17,2)44(40,41)36-10-8-20-23(15-34-28(37)26(20)36)22-11-18(16-43(4)39)21(29(38)42-3)13-25(22)35-27-24(32)12-19(31)14-33-27/h5-8,10-15H,9,16H2,1-4H3,(H,33,35)(H,34,37). The SMILES string of the molecule is COC(=O)c1cc(Nc2ncc(F)cc2F)c(-c2c[nH]c(=O)c3c2ccn3S(=O)(=O)C2(C)CC=CC=C2C)cc1CS(C)=O. The van der Waals surface area contributed by atoms with Gasteiger partial charge >= 0.3 is 5.97 Å². The van der Waals surface area contributed by atoms with Gasteiger partial charge in [-0.15, -0.1) is 0 Å². The molecule has 1 aliphatic rings. The summed E-state index contributed by atoms with van der Waals surface area (Å²) in [6, 6.07) is 4.98. The van der Waals surface area contributed by atoms with Crippen LogP contribution >= 0.6 is 0 Å². The van der Waals surface area contributed by atoms with Crippen molar-refractivity contribution in [2.24, 2.45) is 0 Å². The zero-order valence-electron chi connectivity index (χ0n) is 24.1. The Morgan fingerprint density at radius 1 is 1.25 bits per heavy atom. The van der Waals surface area contributed by atoms with Gasteiger partial charge in [-0.1, -0.05) is 23.8 Å². The summed E-state index contributed by atoms with van der Waals surface area (Å²) in [5.74, 6) is -3.09. The summed E-state index contributed by atoms with van der Waals surface area (Å²) < 4.78 is 73.2. The molecule has 0 saturated heterocycles. The van der Waals surface area contributed by atoms with E-state index in [2.05, 4.69) is 15.3 Å². The number of anilines is 2. The number of carbonyl (C=O) groups excluding carboxylic acids is 1. The third-order valence-electron chi connectivity index (χ3n) is 7.72. The highest BCUT2D eigenvalue weighted by Crippen LogP contribution is 2.40. The maximum atomic E-state index is 14.7. The lowest BCUT2D eigenvalue weighted by molar-refractivity contribution is 0.0600. The van der Waals surface area contributed by atoms with Gasteiger partial charge in [0.1, 0.15) is 16.1 Å². The van der Waals surface area contributed by atoms with Crippen LogP contribution in [0.15, 0.2) is 71.5 Å². The third-order valence-corrected chi connectivity index (χ3v) is 10.9. The summed E-state index contributed by atoms with van der Waals surface area (Å²) in [4.78, 5) is 32.3. The van der Waals surface area contributed by atoms with Gasteiger partial charge in [-0.25, -0.2) is 30.9 Å². The highest BCUT2D eigenvalue weighted by molar-refractivity contribution is 7.91. The van der Waals surface area contributed by atoms with E-state index in [1.54, 1.807) is 32.1 Å². The highest BCUT2D eigenvalue weighted by Gasteiger charge is 2.43. The molecule has 0 aliphatic heterocycles. The van der Waals surface area contributed by atoms with Gasteiger partial charge in [0, 0.05) is 63.5 Å². The number of allylic oxidation sites excluding steroid dienone is 3. The molecule has 0 amide bonds. The Morgan fingerprint density at radius 2 is 2.00 bits per heavy atom. The molecule has 0 saturated carbocycles. The highest BCUT2D eigenvalue weighted by atomic mass is 32.2. The molecule has 14 heteroatoms. The topological polar surface area (TPSA) is 140 Å². The minimum Gasteiger partial charge on any atom is -0.465 e. The first-order valence-electron chi connectivity index (χ1n) is 13.2. The normalized spacial score (nSPS) is 17.4. The molecule has 0 spiro atoms. The predicted octanol–water partition coefficient (Wildman–Crippen LogP) is 4.92. The first-order chi connectivity index (χ1) is 20.8. The summed E-state index contributed by atoms with van der Waals surface area (Å²) in [6.45, 7) is 3.31. The molecule has 4 aromatic rings. The summed E-state index contributed by atoms with van der Waals surface area (Å²) in [6.07, 6.45) is 10.3. The van der Waals surface area contributed by atoms with Crippen LogP contribution < -0.4 is 10.9 Å². The molecule has 3 heterocycles. The lowest BCUT2D eigenvalue weighted by atomic mass is 9.94. The zero-order chi connectivity index (χ0) is 32.0. The average Bonchev–Trinajstić information content (AvgIpc) is 3.43. The summed E-state index contributed by atoms with van der Waals surface area (Å²) >= 11 is 0. The van der Waals surface area contributed by atoms with E-state index in [1.807, 2.05) is 0 Å². The maximum Gasteiger partial charge on any atom is 0.338 e. The molecule has 2 unspecified atom stereocenters. The van der Waals surface area contributed by atoms with E-state index >= 15 is 0 Å². The number of rotatable bonds is 8. The van der Waals surface area contributed by atoms with Gasteiger partial charge in [0.15, 0.2) is 11.6 Å². The van der Waals surface area contributed by atoms with E-state index in [0.29, 0.717) is 22.8 Å². The Kier molecular flexibility index (Phi) is 8.16. The van der Waals surface area contributed by atoms with Gasteiger partial charge in [-0.2, -0.15) is 0 Å². The molecular weight excluding hydrogens is 614 g/mol. The van der Waals surface area contributed by atoms with E-state index in [-0.39, 0.29) is 45.7 Å². The number of hydrogen-bond donors (Lipinski definition) is 2. The van der Waals surface area contributed by atoms with Gasteiger partial charge in [0.2, 0.25) is 10.0 Å². The number of pyridine rings is 2. The summed E-state index contributed by atoms with van der Waals surface area (Å²) in [5.41, 5.74) is 0.808. The molecule has 3 aromatic heterocycles. The number of benzene rings is 1. The van der Waals surface area contributed by atoms with Gasteiger partial charge in [-0.05, 0) is 44.0 Å². The molecule has 230 valence electrons. The first kappa shape index (κ1) is 31.0. The second-order valence-corrected chi connectivity index (χ2v) is 14.2. The number of ether oxygens (including phenoxy) is 1. The fraction of sp³-hybridized carbons (Fsp3) is 0.233. The van der Waals surface area contributed by atoms with Crippen LogP contribution in [0.2, 0.25) is 0 Å². The smallest absolute Gasteiger partial charge is 0.338 e. The Morgan fingerprint density at radius 3 is 2.66 bits per heavy atom. The molecule has 0 radical (unpaired) electrons. The Hall–Kier alpha value is -4.43. The second-order valence-electron chi connectivity index (χ2n) is 10.5. The largest absolute Gasteiger partial charge is 0.465 e. The second kappa shape index (κ2) is 11.6. The van der Waals surface area contributed by atoms with Crippen molar-refractivity contribution in [3.05, 3.63) is 99.8 Å². The molecule has 0 bridgehead atoms. The Balaban J connectivity index is 1.79. The van der Waals surface area contributed by atoms with Gasteiger partial charge in [0.05, 0.1) is 18.9 Å². The van der Waals surface area contributed by atoms with Crippen LogP contribution in [0, 0.1) is 11.6 Å². The number of methoxy groups -OCH3 is 1. The van der Waals surface area contributed by atoms with Crippen molar-refractivity contribution in [3.8, 4) is 11.1 Å². The predicted molar refractivity (Wildman–Crippen MR) is 165 cm³/mol. The van der Waals surface area contributed by atoms with Crippen molar-refractivity contribution in [1.29, 1.82) is 0 Å². The van der Waals surface area contributed by atoms with Crippen molar-refractivity contribution in [1.82, 2.24) is 13.9 Å². The van der Waals surface area contributed by atoms with Crippen molar-refractivity contribution < 1.29 is 30.9 Å². The first-order valence-corrected chi connectivity index (χ1v) is 16.4. The molecule has 0 fully saturated rings. The van der Waals surface area contributed by atoms with E-state index in [9.17, 15) is 31.0 Å². The fourth-order valence-corrected chi connectivity index (χ4v) is 7.71. The minimum atomic E-state index is -4.16. The number of fused-ring (bicyclic) bond motifs is 1. The number of nitrogens with one attached hydrogen (secondary N) is 2. The van der Waals surface area contributed by atoms with E-state index < -0.39 is 48.7 Å². The van der Waals surface area contributed by atoms with Gasteiger partial charge in [0.25, 0.3) is 5.56 Å². The van der Waals surface area contributed by atoms with Gasteiger partial charge in [-0.3, -0.25) is 9.00 Å². The molecule has 44 heavy (non-hydrogen) atoms. The summed E-state index contributed by atoms with van der Waals surface area (Å²) in [5, 5.41) is 3.01. The average molecular weight is 643 g/mol. The number of halogens is 2. The van der Waals surface area contributed by atoms with E-state index in [1.165, 1.54) is 44.0 Å². The van der Waals surface area contributed by atoms with Crippen LogP contribution in [0.5, 0.6) is 0 Å². The number of carbonyl (C=O) groups is 1. The summed E-state index contributed by atoms with van der Waals surface area (Å²) in [7, 11) is -4.40. The molecule has 1 aliphatic carbocycles. The number of aromatic amines is 1. The van der Waals surface area contributed by atoms with Crippen molar-refractivity contribution in [2.45, 2.75) is 30.8 Å². The minimum absolute atomic E-state index is 0.0258. The van der Waals surface area contributed by atoms with Crippen LogP contribution in [0.3, 0.4) is 0 Å². The van der Waals surface area contributed by atoms with E-state index in [4.69, 9.17) is 4.74 Å². The van der Waals surface area contributed by atoms with Crippen molar-refractivity contribution in [3.63, 3.8) is 0 Å². The zero-order valence-corrected chi connectivity index (χ0v) is 25.7. The number of H-pyrrole nitrogens is 1. The lowest BCUT2D eigenvalue weighted by Crippen LogP contribution is -2.41. The Bertz CT molecular complexity index is 2080. The number of esters is 1. The lowest BCUT2D eigenvalue weighted by Gasteiger charge is -2.31. The molecule has 2 atom stereocenters. The number of nitrogens with zero attached hydrogens (tertiary/aromatic N) is 2. The molecule has 5 rings (SSSR count). The van der Waals surface area contributed by atoms with Crippen LogP contribution in [0.1, 0.15) is 36.2 Å². The Labute approximate surface area is 254 Å². The maximum absolute atomic E-state index is 14.7. The molecule has 10 nitrogen and oxygen atoms in total. The van der Waals surface area contributed by atoms with Crippen LogP contribution in [-0.2, 0) is 31.3 Å². The quantitative estimate of drug-likeness (QED) is 0.258. The third kappa shape index (κ3) is 5.28. The van der Waals surface area contributed by atoms with E-state index in [0.717, 1.165) is 10.2 Å². The molecular formula is C30H28F2N4O6S2.